The molecule has 0 saturated heterocycles. The summed E-state index contributed by atoms with van der Waals surface area (Å²) >= 11 is 17.5. The lowest BCUT2D eigenvalue weighted by Gasteiger charge is -2.09. The van der Waals surface area contributed by atoms with E-state index in [4.69, 9.17) is 39.5 Å². The highest BCUT2D eigenvalue weighted by molar-refractivity contribution is 6.37. The Morgan fingerprint density at radius 3 is 2.36 bits per heavy atom. The Bertz CT molecular complexity index is 668. The van der Waals surface area contributed by atoms with E-state index in [0.29, 0.717) is 16.5 Å². The van der Waals surface area contributed by atoms with Crippen molar-refractivity contribution in [2.45, 2.75) is 6.42 Å². The van der Waals surface area contributed by atoms with E-state index in [9.17, 15) is 9.90 Å². The fourth-order valence-corrected chi connectivity index (χ4v) is 2.35. The van der Waals surface area contributed by atoms with Crippen LogP contribution < -0.4 is 10.1 Å². The van der Waals surface area contributed by atoms with E-state index in [0.717, 1.165) is 0 Å². The number of anilines is 1. The minimum Gasteiger partial charge on any atom is -0.505 e. The molecule has 4 nitrogen and oxygen atoms in total. The van der Waals surface area contributed by atoms with Crippen LogP contribution in [0.5, 0.6) is 11.5 Å². The van der Waals surface area contributed by atoms with Crippen molar-refractivity contribution in [2.24, 2.45) is 0 Å². The molecule has 1 amide bonds. The lowest BCUT2D eigenvalue weighted by Crippen LogP contribution is -2.15. The number of rotatable bonds is 5. The lowest BCUT2D eigenvalue weighted by atomic mass is 10.3. The van der Waals surface area contributed by atoms with E-state index < -0.39 is 0 Å². The first-order valence-corrected chi connectivity index (χ1v) is 7.46. The molecule has 2 aromatic carbocycles. The highest BCUT2D eigenvalue weighted by atomic mass is 35.5. The first kappa shape index (κ1) is 16.7. The van der Waals surface area contributed by atoms with Gasteiger partial charge in [0.1, 0.15) is 5.75 Å². The molecule has 0 aliphatic rings. The normalized spacial score (nSPS) is 10.3. The van der Waals surface area contributed by atoms with Gasteiger partial charge in [0.15, 0.2) is 5.75 Å². The summed E-state index contributed by atoms with van der Waals surface area (Å²) in [5, 5.41) is 12.7. The van der Waals surface area contributed by atoms with Crippen LogP contribution in [0.3, 0.4) is 0 Å². The molecule has 0 fully saturated rings. The Hall–Kier alpha value is -1.62. The molecular formula is C15H12Cl3NO3. The smallest absolute Gasteiger partial charge is 0.227 e. The molecule has 0 aliphatic carbocycles. The number of nitrogens with one attached hydrogen (secondary N) is 1. The fraction of sp³-hybridized carbons (Fsp3) is 0.133. The number of aromatic hydroxyl groups is 1. The molecular weight excluding hydrogens is 349 g/mol. The molecule has 0 heterocycles. The molecule has 2 N–H and O–H groups in total. The Kier molecular flexibility index (Phi) is 5.77. The molecule has 2 rings (SSSR count). The van der Waals surface area contributed by atoms with Crippen LogP contribution >= 0.6 is 34.8 Å². The van der Waals surface area contributed by atoms with Gasteiger partial charge < -0.3 is 15.2 Å². The summed E-state index contributed by atoms with van der Waals surface area (Å²) in [6.45, 7) is 0.176. The van der Waals surface area contributed by atoms with E-state index in [1.165, 1.54) is 12.1 Å². The van der Waals surface area contributed by atoms with Gasteiger partial charge in [0.05, 0.1) is 28.1 Å². The minimum absolute atomic E-state index is 0.0649. The topological polar surface area (TPSA) is 58.6 Å². The molecule has 0 saturated carbocycles. The molecule has 0 radical (unpaired) electrons. The maximum absolute atomic E-state index is 11.8. The predicted molar refractivity (Wildman–Crippen MR) is 88.3 cm³/mol. The summed E-state index contributed by atoms with van der Waals surface area (Å²) in [5.41, 5.74) is 0.399. The molecule has 22 heavy (non-hydrogen) atoms. The number of hydrogen-bond acceptors (Lipinski definition) is 3. The number of carbonyl (C=O) groups is 1. The third-order valence-electron chi connectivity index (χ3n) is 2.72. The van der Waals surface area contributed by atoms with Gasteiger partial charge in [0.2, 0.25) is 5.91 Å². The van der Waals surface area contributed by atoms with Crippen LogP contribution in [0.15, 0.2) is 36.4 Å². The summed E-state index contributed by atoms with van der Waals surface area (Å²) in [5.74, 6) is 0.0287. The van der Waals surface area contributed by atoms with Gasteiger partial charge in [0, 0.05) is 5.69 Å². The second kappa shape index (κ2) is 7.58. The van der Waals surface area contributed by atoms with Crippen molar-refractivity contribution in [3.63, 3.8) is 0 Å². The fourth-order valence-electron chi connectivity index (χ4n) is 1.68. The van der Waals surface area contributed by atoms with Gasteiger partial charge in [-0.15, -0.1) is 0 Å². The van der Waals surface area contributed by atoms with Crippen molar-refractivity contribution >= 4 is 46.4 Å². The molecule has 0 spiro atoms. The molecule has 116 valence electrons. The summed E-state index contributed by atoms with van der Waals surface area (Å²) < 4.78 is 5.43. The Morgan fingerprint density at radius 1 is 1.09 bits per heavy atom. The number of ether oxygens (including phenoxy) is 1. The first-order chi connectivity index (χ1) is 10.5. The van der Waals surface area contributed by atoms with Gasteiger partial charge >= 0.3 is 0 Å². The van der Waals surface area contributed by atoms with E-state index in [1.54, 1.807) is 24.3 Å². The molecule has 0 aliphatic heterocycles. The second-order valence-electron chi connectivity index (χ2n) is 4.37. The Morgan fingerprint density at radius 2 is 1.73 bits per heavy atom. The van der Waals surface area contributed by atoms with Crippen LogP contribution in [0.4, 0.5) is 5.69 Å². The van der Waals surface area contributed by atoms with Gasteiger partial charge in [-0.3, -0.25) is 4.79 Å². The van der Waals surface area contributed by atoms with Crippen molar-refractivity contribution in [1.82, 2.24) is 0 Å². The van der Waals surface area contributed by atoms with Crippen molar-refractivity contribution in [2.75, 3.05) is 11.9 Å². The largest absolute Gasteiger partial charge is 0.505 e. The number of amides is 1. The predicted octanol–water partition coefficient (Wildman–Crippen LogP) is 4.76. The molecule has 7 heteroatoms. The van der Waals surface area contributed by atoms with Crippen LogP contribution in [0.25, 0.3) is 0 Å². The van der Waals surface area contributed by atoms with Gasteiger partial charge in [-0.2, -0.15) is 0 Å². The SMILES string of the molecule is O=C(CCOc1ccccc1Cl)Nc1cc(Cl)c(O)c(Cl)c1. The summed E-state index contributed by atoms with van der Waals surface area (Å²) in [6, 6.07) is 9.84. The standard InChI is InChI=1S/C15H12Cl3NO3/c16-10-3-1-2-4-13(10)22-6-5-14(20)19-9-7-11(17)15(21)12(18)8-9/h1-4,7-8,21H,5-6H2,(H,19,20). The number of phenols is 1. The van der Waals surface area contributed by atoms with Gasteiger partial charge in [-0.25, -0.2) is 0 Å². The van der Waals surface area contributed by atoms with Crippen molar-refractivity contribution in [3.05, 3.63) is 51.5 Å². The zero-order valence-corrected chi connectivity index (χ0v) is 13.5. The monoisotopic (exact) mass is 359 g/mol. The molecule has 0 aromatic heterocycles. The summed E-state index contributed by atoms with van der Waals surface area (Å²) in [6.07, 6.45) is 0.126. The van der Waals surface area contributed by atoms with Crippen LogP contribution in [0, 0.1) is 0 Å². The first-order valence-electron chi connectivity index (χ1n) is 6.32. The molecule has 0 unspecified atom stereocenters. The van der Waals surface area contributed by atoms with Crippen LogP contribution in [-0.4, -0.2) is 17.6 Å². The maximum Gasteiger partial charge on any atom is 0.227 e. The number of carbonyl (C=O) groups excluding carboxylic acids is 1. The summed E-state index contributed by atoms with van der Waals surface area (Å²) in [4.78, 5) is 11.8. The maximum atomic E-state index is 11.8. The van der Waals surface area contributed by atoms with Crippen molar-refractivity contribution < 1.29 is 14.6 Å². The Labute approximate surface area is 142 Å². The molecule has 0 atom stereocenters. The van der Waals surface area contributed by atoms with E-state index >= 15 is 0 Å². The quantitative estimate of drug-likeness (QED) is 0.756. The van der Waals surface area contributed by atoms with Crippen LogP contribution in [-0.2, 0) is 4.79 Å². The van der Waals surface area contributed by atoms with Crippen LogP contribution in [0.2, 0.25) is 15.1 Å². The zero-order chi connectivity index (χ0) is 16.1. The van der Waals surface area contributed by atoms with Gasteiger partial charge in [-0.05, 0) is 24.3 Å². The van der Waals surface area contributed by atoms with E-state index in [2.05, 4.69) is 5.32 Å². The highest BCUT2D eigenvalue weighted by Gasteiger charge is 2.09. The number of para-hydroxylation sites is 1. The van der Waals surface area contributed by atoms with Gasteiger partial charge in [0.25, 0.3) is 0 Å². The molecule has 0 bridgehead atoms. The third kappa shape index (κ3) is 4.44. The van der Waals surface area contributed by atoms with Gasteiger partial charge in [-0.1, -0.05) is 46.9 Å². The average Bonchev–Trinajstić information content (AvgIpc) is 2.46. The number of hydrogen-bond donors (Lipinski definition) is 2. The van der Waals surface area contributed by atoms with Crippen molar-refractivity contribution in [1.29, 1.82) is 0 Å². The van der Waals surface area contributed by atoms with Crippen LogP contribution in [0.1, 0.15) is 6.42 Å². The Balaban J connectivity index is 1.87. The van der Waals surface area contributed by atoms with Crippen molar-refractivity contribution in [3.8, 4) is 11.5 Å². The minimum atomic E-state index is -0.273. The number of benzene rings is 2. The number of phenolic OH excluding ortho intramolecular Hbond substituents is 1. The average molecular weight is 361 g/mol. The zero-order valence-electron chi connectivity index (χ0n) is 11.3. The lowest BCUT2D eigenvalue weighted by molar-refractivity contribution is -0.116. The highest BCUT2D eigenvalue weighted by Crippen LogP contribution is 2.34. The molecule has 2 aromatic rings. The second-order valence-corrected chi connectivity index (χ2v) is 5.59. The number of halogens is 3. The third-order valence-corrected chi connectivity index (χ3v) is 3.61. The summed E-state index contributed by atoms with van der Waals surface area (Å²) in [7, 11) is 0. The van der Waals surface area contributed by atoms with E-state index in [-0.39, 0.29) is 34.7 Å². The van der Waals surface area contributed by atoms with E-state index in [1.807, 2.05) is 0 Å².